The Hall–Kier alpha value is -1.12. The highest BCUT2D eigenvalue weighted by atomic mass is 35.5. The van der Waals surface area contributed by atoms with Crippen LogP contribution in [0.3, 0.4) is 0 Å². The largest absolute Gasteiger partial charge is 0.492 e. The molecule has 0 bridgehead atoms. The second-order valence-electron chi connectivity index (χ2n) is 5.10. The third-order valence-corrected chi connectivity index (χ3v) is 6.11. The first-order valence-electron chi connectivity index (χ1n) is 7.38. The zero-order valence-corrected chi connectivity index (χ0v) is 16.1. The van der Waals surface area contributed by atoms with Crippen molar-refractivity contribution in [3.63, 3.8) is 0 Å². The van der Waals surface area contributed by atoms with Crippen molar-refractivity contribution < 1.29 is 17.9 Å². The van der Waals surface area contributed by atoms with Gasteiger partial charge in [-0.15, -0.1) is 11.3 Å². The summed E-state index contributed by atoms with van der Waals surface area (Å²) in [6, 6.07) is 8.66. The van der Waals surface area contributed by atoms with Crippen LogP contribution in [0.4, 0.5) is 0 Å². The molecule has 2 rings (SSSR count). The quantitative estimate of drug-likeness (QED) is 0.746. The molecular weight excluding hydrogens is 370 g/mol. The van der Waals surface area contributed by atoms with Crippen molar-refractivity contribution in [2.24, 2.45) is 0 Å². The second kappa shape index (κ2) is 8.31. The van der Waals surface area contributed by atoms with Gasteiger partial charge in [-0.25, -0.2) is 13.1 Å². The van der Waals surface area contributed by atoms with Crippen molar-refractivity contribution >= 4 is 33.0 Å². The van der Waals surface area contributed by atoms with E-state index in [0.717, 1.165) is 10.4 Å². The molecule has 1 unspecified atom stereocenters. The summed E-state index contributed by atoms with van der Waals surface area (Å²) in [6.07, 6.45) is -0.405. The zero-order valence-electron chi connectivity index (χ0n) is 13.7. The molecule has 0 saturated carbocycles. The number of methoxy groups -OCH3 is 1. The van der Waals surface area contributed by atoms with Gasteiger partial charge in [-0.2, -0.15) is 0 Å². The van der Waals surface area contributed by atoms with Crippen molar-refractivity contribution in [1.82, 2.24) is 4.72 Å². The van der Waals surface area contributed by atoms with Gasteiger partial charge in [0.05, 0.1) is 10.9 Å². The molecule has 1 N–H and O–H groups in total. The minimum absolute atomic E-state index is 0.106. The van der Waals surface area contributed by atoms with Crippen LogP contribution in [-0.4, -0.2) is 28.7 Å². The van der Waals surface area contributed by atoms with Crippen molar-refractivity contribution in [1.29, 1.82) is 0 Å². The molecule has 0 aliphatic heterocycles. The Morgan fingerprint density at radius 2 is 2.04 bits per heavy atom. The minimum atomic E-state index is -3.73. The normalized spacial score (nSPS) is 13.0. The van der Waals surface area contributed by atoms with E-state index in [-0.39, 0.29) is 11.4 Å². The maximum atomic E-state index is 12.7. The van der Waals surface area contributed by atoms with Crippen LogP contribution in [0.25, 0.3) is 0 Å². The topological polar surface area (TPSA) is 64.6 Å². The molecule has 1 aromatic carbocycles. The Bertz CT molecular complexity index is 789. The van der Waals surface area contributed by atoms with Crippen LogP contribution in [-0.2, 0) is 14.8 Å². The lowest BCUT2D eigenvalue weighted by atomic mass is 10.2. The van der Waals surface area contributed by atoms with Gasteiger partial charge in [0.2, 0.25) is 10.0 Å². The van der Waals surface area contributed by atoms with E-state index in [4.69, 9.17) is 21.1 Å². The molecule has 0 radical (unpaired) electrons. The molecule has 0 amide bonds. The molecule has 24 heavy (non-hydrogen) atoms. The number of hydrogen-bond donors (Lipinski definition) is 1. The fourth-order valence-electron chi connectivity index (χ4n) is 2.16. The first-order valence-corrected chi connectivity index (χ1v) is 10.1. The Morgan fingerprint density at radius 1 is 1.29 bits per heavy atom. The van der Waals surface area contributed by atoms with Crippen molar-refractivity contribution in [2.45, 2.75) is 24.8 Å². The number of ether oxygens (including phenoxy) is 2. The SMILES string of the molecule is CCOc1ccc(C)cc1S(=O)(=O)NCC(OC)c1ccc(Cl)s1. The molecule has 5 nitrogen and oxygen atoms in total. The summed E-state index contributed by atoms with van der Waals surface area (Å²) < 4.78 is 39.4. The molecule has 0 spiro atoms. The number of nitrogens with one attached hydrogen (secondary N) is 1. The molecule has 1 aromatic heterocycles. The highest BCUT2D eigenvalue weighted by Crippen LogP contribution is 2.29. The van der Waals surface area contributed by atoms with E-state index in [1.807, 2.05) is 26.0 Å². The lowest BCUT2D eigenvalue weighted by molar-refractivity contribution is 0.110. The highest BCUT2D eigenvalue weighted by molar-refractivity contribution is 7.89. The predicted molar refractivity (Wildman–Crippen MR) is 96.6 cm³/mol. The summed E-state index contributed by atoms with van der Waals surface area (Å²) in [5.41, 5.74) is 0.840. The lowest BCUT2D eigenvalue weighted by Gasteiger charge is -2.16. The Labute approximate surface area is 151 Å². The van der Waals surface area contributed by atoms with E-state index in [0.29, 0.717) is 16.7 Å². The van der Waals surface area contributed by atoms with E-state index in [2.05, 4.69) is 4.72 Å². The summed E-state index contributed by atoms with van der Waals surface area (Å²) in [7, 11) is -2.19. The van der Waals surface area contributed by atoms with Gasteiger partial charge in [-0.1, -0.05) is 17.7 Å². The molecule has 0 aliphatic carbocycles. The van der Waals surface area contributed by atoms with E-state index >= 15 is 0 Å². The zero-order chi connectivity index (χ0) is 17.7. The molecule has 132 valence electrons. The first-order chi connectivity index (χ1) is 11.4. The average Bonchev–Trinajstić information content (AvgIpc) is 2.96. The lowest BCUT2D eigenvalue weighted by Crippen LogP contribution is -2.29. The molecule has 1 heterocycles. The predicted octanol–water partition coefficient (Wildman–Crippen LogP) is 3.77. The van der Waals surface area contributed by atoms with E-state index < -0.39 is 16.1 Å². The van der Waals surface area contributed by atoms with Crippen LogP contribution < -0.4 is 9.46 Å². The Kier molecular flexibility index (Phi) is 6.65. The highest BCUT2D eigenvalue weighted by Gasteiger charge is 2.22. The number of hydrogen-bond acceptors (Lipinski definition) is 5. The molecule has 1 atom stereocenters. The summed E-state index contributed by atoms with van der Waals surface area (Å²) in [5, 5.41) is 0. The average molecular weight is 390 g/mol. The second-order valence-corrected chi connectivity index (χ2v) is 8.58. The van der Waals surface area contributed by atoms with Gasteiger partial charge in [0.15, 0.2) is 0 Å². The number of benzene rings is 1. The smallest absolute Gasteiger partial charge is 0.244 e. The van der Waals surface area contributed by atoms with Gasteiger partial charge < -0.3 is 9.47 Å². The summed E-state index contributed by atoms with van der Waals surface area (Å²) in [5.74, 6) is 0.337. The van der Waals surface area contributed by atoms with Crippen molar-refractivity contribution in [2.75, 3.05) is 20.3 Å². The van der Waals surface area contributed by atoms with Gasteiger partial charge in [0, 0.05) is 18.5 Å². The molecule has 0 saturated heterocycles. The number of halogens is 1. The van der Waals surface area contributed by atoms with Crippen LogP contribution >= 0.6 is 22.9 Å². The van der Waals surface area contributed by atoms with Crippen LogP contribution in [0.15, 0.2) is 35.2 Å². The van der Waals surface area contributed by atoms with Gasteiger partial charge >= 0.3 is 0 Å². The molecule has 2 aromatic rings. The number of thiophene rings is 1. The van der Waals surface area contributed by atoms with E-state index in [1.165, 1.54) is 18.4 Å². The van der Waals surface area contributed by atoms with Gasteiger partial charge in [0.1, 0.15) is 16.7 Å². The summed E-state index contributed by atoms with van der Waals surface area (Å²) >= 11 is 7.29. The summed E-state index contributed by atoms with van der Waals surface area (Å²) in [6.45, 7) is 4.14. The third-order valence-electron chi connectivity index (χ3n) is 3.34. The minimum Gasteiger partial charge on any atom is -0.492 e. The number of rotatable bonds is 8. The molecular formula is C16H20ClNO4S2. The monoisotopic (exact) mass is 389 g/mol. The molecule has 8 heteroatoms. The fourth-order valence-corrected chi connectivity index (χ4v) is 4.56. The van der Waals surface area contributed by atoms with Crippen molar-refractivity contribution in [3.8, 4) is 5.75 Å². The van der Waals surface area contributed by atoms with Gasteiger partial charge in [-0.05, 0) is 43.7 Å². The number of aryl methyl sites for hydroxylation is 1. The van der Waals surface area contributed by atoms with Crippen molar-refractivity contribution in [3.05, 3.63) is 45.1 Å². The third kappa shape index (κ3) is 4.70. The summed E-state index contributed by atoms with van der Waals surface area (Å²) in [4.78, 5) is 0.989. The Morgan fingerprint density at radius 3 is 2.62 bits per heavy atom. The maximum absolute atomic E-state index is 12.7. The Balaban J connectivity index is 2.20. The standard InChI is InChI=1S/C16H20ClNO4S2/c1-4-22-12-6-5-11(2)9-15(12)24(19,20)18-10-13(21-3)14-7-8-16(17)23-14/h5-9,13,18H,4,10H2,1-3H3. The van der Waals surface area contributed by atoms with Crippen LogP contribution in [0.1, 0.15) is 23.5 Å². The van der Waals surface area contributed by atoms with Crippen LogP contribution in [0, 0.1) is 6.92 Å². The van der Waals surface area contributed by atoms with Crippen LogP contribution in [0.5, 0.6) is 5.75 Å². The molecule has 0 aliphatic rings. The molecule has 0 fully saturated rings. The van der Waals surface area contributed by atoms with Crippen LogP contribution in [0.2, 0.25) is 4.34 Å². The number of sulfonamides is 1. The first kappa shape index (κ1) is 19.2. The van der Waals surface area contributed by atoms with Gasteiger partial charge in [-0.3, -0.25) is 0 Å². The maximum Gasteiger partial charge on any atom is 0.244 e. The van der Waals surface area contributed by atoms with E-state index in [9.17, 15) is 8.42 Å². The fraction of sp³-hybridized carbons (Fsp3) is 0.375. The van der Waals surface area contributed by atoms with E-state index in [1.54, 1.807) is 18.2 Å². The van der Waals surface area contributed by atoms with Gasteiger partial charge in [0.25, 0.3) is 0 Å².